The number of carboxylic acids is 1. The van der Waals surface area contributed by atoms with Crippen LogP contribution in [0.4, 0.5) is 0 Å². The first-order valence-electron chi connectivity index (χ1n) is 12.4. The second-order valence-corrected chi connectivity index (χ2v) is 11.1. The molecule has 0 aliphatic carbocycles. The largest absolute Gasteiger partial charge is 0.497 e. The fraction of sp³-hybridized carbons (Fsp3) is 0.464. The van der Waals surface area contributed by atoms with Crippen molar-refractivity contribution in [3.8, 4) is 11.5 Å². The summed E-state index contributed by atoms with van der Waals surface area (Å²) >= 11 is 1.04. The Morgan fingerprint density at radius 3 is 1.87 bits per heavy atom. The molecule has 2 aliphatic rings. The Hall–Kier alpha value is -3.12. The number of carboxylic acid groups (broad SMARTS) is 1. The van der Waals surface area contributed by atoms with Gasteiger partial charge in [0.05, 0.1) is 27.4 Å². The highest BCUT2D eigenvalue weighted by atomic mass is 32.2. The summed E-state index contributed by atoms with van der Waals surface area (Å²) in [6.45, 7) is 5.56. The quantitative estimate of drug-likeness (QED) is 0.430. The minimum Gasteiger partial charge on any atom is -0.497 e. The maximum Gasteiger partial charge on any atom is 0.363 e. The molecule has 10 nitrogen and oxygen atoms in total. The number of carbonyl (C=O) groups is 2. The topological polar surface area (TPSA) is 122 Å². The van der Waals surface area contributed by atoms with Crippen molar-refractivity contribution < 1.29 is 43.1 Å². The Labute approximate surface area is 231 Å². The summed E-state index contributed by atoms with van der Waals surface area (Å²) in [5, 5.41) is 10.2. The van der Waals surface area contributed by atoms with Crippen LogP contribution in [0.5, 0.6) is 11.5 Å². The second kappa shape index (κ2) is 12.4. The third kappa shape index (κ3) is 7.30. The van der Waals surface area contributed by atoms with E-state index in [0.717, 1.165) is 22.9 Å². The molecule has 1 saturated heterocycles. The van der Waals surface area contributed by atoms with Gasteiger partial charge in [-0.3, -0.25) is 4.99 Å². The molecule has 0 radical (unpaired) electrons. The number of benzene rings is 2. The van der Waals surface area contributed by atoms with Gasteiger partial charge in [-0.1, -0.05) is 36.0 Å². The number of nitrogens with zero attached hydrogens (tertiary/aromatic N) is 1. The minimum absolute atomic E-state index is 0.108. The average Bonchev–Trinajstić information content (AvgIpc) is 3.34. The van der Waals surface area contributed by atoms with E-state index in [1.165, 1.54) is 0 Å². The molecule has 0 spiro atoms. The van der Waals surface area contributed by atoms with Crippen molar-refractivity contribution in [2.45, 2.75) is 69.4 Å². The average molecular weight is 560 g/mol. The van der Waals surface area contributed by atoms with Gasteiger partial charge in [-0.15, -0.1) is 0 Å². The standard InChI is InChI=1S/C28H33NO9S/c1-28(2,3)38-26(32)24-29-20-21(35-14-16-6-10-18(33-4)11-7-16)22(23(25(30)31)37-27(20)39-24)36-15-17-8-12-19(34-5)13-9-17/h6-13,20-23,27H,14-15H2,1-5H3,(H,30,31). The Bertz CT molecular complexity index is 1180. The van der Waals surface area contributed by atoms with Crippen LogP contribution in [0.3, 0.4) is 0 Å². The van der Waals surface area contributed by atoms with Gasteiger partial charge in [0.2, 0.25) is 0 Å². The molecule has 210 valence electrons. The van der Waals surface area contributed by atoms with Gasteiger partial charge in [-0.25, -0.2) is 9.59 Å². The lowest BCUT2D eigenvalue weighted by molar-refractivity contribution is -0.209. The first-order valence-corrected chi connectivity index (χ1v) is 13.3. The molecule has 1 fully saturated rings. The number of aliphatic imine (C=N–C) groups is 1. The SMILES string of the molecule is COc1ccc(COC2C(C(=O)O)OC3SC(C(=O)OC(C)(C)C)=NC3C2OCc2ccc(OC)cc2)cc1. The highest BCUT2D eigenvalue weighted by molar-refractivity contribution is 8.16. The molecular weight excluding hydrogens is 526 g/mol. The van der Waals surface area contributed by atoms with Gasteiger partial charge < -0.3 is 33.5 Å². The predicted octanol–water partition coefficient (Wildman–Crippen LogP) is 3.84. The van der Waals surface area contributed by atoms with Crippen LogP contribution in [0.15, 0.2) is 53.5 Å². The molecule has 11 heteroatoms. The number of methoxy groups -OCH3 is 2. The van der Waals surface area contributed by atoms with Gasteiger partial charge in [0.15, 0.2) is 11.1 Å². The lowest BCUT2D eigenvalue weighted by Crippen LogP contribution is -2.59. The van der Waals surface area contributed by atoms with Crippen LogP contribution >= 0.6 is 11.8 Å². The van der Waals surface area contributed by atoms with Crippen LogP contribution in [0.1, 0.15) is 31.9 Å². The normalized spacial score (nSPS) is 24.4. The zero-order valence-electron chi connectivity index (χ0n) is 22.5. The number of fused-ring (bicyclic) bond motifs is 1. The Morgan fingerprint density at radius 2 is 1.41 bits per heavy atom. The van der Waals surface area contributed by atoms with Gasteiger partial charge in [0, 0.05) is 0 Å². The summed E-state index contributed by atoms with van der Waals surface area (Å²) in [7, 11) is 3.16. The molecule has 4 rings (SSSR count). The van der Waals surface area contributed by atoms with Crippen molar-refractivity contribution in [1.29, 1.82) is 0 Å². The summed E-state index contributed by atoms with van der Waals surface area (Å²) in [4.78, 5) is 29.7. The summed E-state index contributed by atoms with van der Waals surface area (Å²) < 4.78 is 34.3. The Morgan fingerprint density at radius 1 is 0.897 bits per heavy atom. The van der Waals surface area contributed by atoms with Gasteiger partial charge in [-0.2, -0.15) is 0 Å². The molecular formula is C28H33NO9S. The molecule has 0 amide bonds. The van der Waals surface area contributed by atoms with Crippen LogP contribution in [0, 0.1) is 0 Å². The van der Waals surface area contributed by atoms with Crippen LogP contribution < -0.4 is 9.47 Å². The van der Waals surface area contributed by atoms with Crippen LogP contribution in [0.25, 0.3) is 0 Å². The molecule has 2 aromatic carbocycles. The van der Waals surface area contributed by atoms with E-state index in [4.69, 9.17) is 28.4 Å². The zero-order valence-corrected chi connectivity index (χ0v) is 23.3. The van der Waals surface area contributed by atoms with Crippen molar-refractivity contribution >= 4 is 28.7 Å². The van der Waals surface area contributed by atoms with Crippen LogP contribution in [-0.2, 0) is 41.8 Å². The maximum absolute atomic E-state index is 12.8. The number of rotatable bonds is 10. The number of aliphatic carboxylic acids is 1. The highest BCUT2D eigenvalue weighted by Gasteiger charge is 2.54. The third-order valence-electron chi connectivity index (χ3n) is 6.03. The predicted molar refractivity (Wildman–Crippen MR) is 144 cm³/mol. The van der Waals surface area contributed by atoms with E-state index in [-0.39, 0.29) is 18.3 Å². The summed E-state index contributed by atoms with van der Waals surface area (Å²) in [6.07, 6.45) is -3.17. The molecule has 0 bridgehead atoms. The molecule has 39 heavy (non-hydrogen) atoms. The third-order valence-corrected chi connectivity index (χ3v) is 7.15. The van der Waals surface area contributed by atoms with E-state index in [1.54, 1.807) is 47.1 Å². The smallest absolute Gasteiger partial charge is 0.363 e. The number of hydrogen-bond acceptors (Lipinski definition) is 10. The Kier molecular flexibility index (Phi) is 9.16. The maximum atomic E-state index is 12.8. The van der Waals surface area contributed by atoms with E-state index in [0.29, 0.717) is 11.5 Å². The molecule has 2 aliphatic heterocycles. The van der Waals surface area contributed by atoms with Crippen molar-refractivity contribution in [1.82, 2.24) is 0 Å². The Balaban J connectivity index is 1.60. The van der Waals surface area contributed by atoms with Gasteiger partial charge in [-0.05, 0) is 56.2 Å². The fourth-order valence-electron chi connectivity index (χ4n) is 4.16. The summed E-state index contributed by atoms with van der Waals surface area (Å²) in [5.74, 6) is -0.395. The monoisotopic (exact) mass is 559 g/mol. The number of ether oxygens (including phenoxy) is 6. The van der Waals surface area contributed by atoms with Crippen LogP contribution in [-0.4, -0.2) is 71.7 Å². The molecule has 5 unspecified atom stereocenters. The van der Waals surface area contributed by atoms with E-state index >= 15 is 0 Å². The lowest BCUT2D eigenvalue weighted by Gasteiger charge is -2.41. The molecule has 5 atom stereocenters. The first kappa shape index (κ1) is 28.9. The minimum atomic E-state index is -1.34. The summed E-state index contributed by atoms with van der Waals surface area (Å²) in [6, 6.07) is 13.9. The molecule has 2 aromatic rings. The zero-order chi connectivity index (χ0) is 28.2. The highest BCUT2D eigenvalue weighted by Crippen LogP contribution is 2.40. The number of hydrogen-bond donors (Lipinski definition) is 1. The van der Waals surface area contributed by atoms with Gasteiger partial charge in [0.1, 0.15) is 40.8 Å². The van der Waals surface area contributed by atoms with E-state index in [9.17, 15) is 14.7 Å². The number of carbonyl (C=O) groups excluding carboxylic acids is 1. The van der Waals surface area contributed by atoms with E-state index in [2.05, 4.69) is 4.99 Å². The van der Waals surface area contributed by atoms with Crippen LogP contribution in [0.2, 0.25) is 0 Å². The van der Waals surface area contributed by atoms with Gasteiger partial charge in [0.25, 0.3) is 0 Å². The first-order chi connectivity index (χ1) is 18.6. The van der Waals surface area contributed by atoms with Crippen molar-refractivity contribution in [3.63, 3.8) is 0 Å². The second-order valence-electron chi connectivity index (χ2n) is 10.1. The number of thioether (sulfide) groups is 1. The summed E-state index contributed by atoms with van der Waals surface area (Å²) in [5.41, 5.74) is 0.193. The number of esters is 1. The van der Waals surface area contributed by atoms with Crippen molar-refractivity contribution in [3.05, 3.63) is 59.7 Å². The molecule has 0 aromatic heterocycles. The fourth-order valence-corrected chi connectivity index (χ4v) is 5.23. The molecule has 2 heterocycles. The molecule has 1 N–H and O–H groups in total. The van der Waals surface area contributed by atoms with E-state index in [1.807, 2.05) is 36.4 Å². The molecule has 0 saturated carbocycles. The van der Waals surface area contributed by atoms with E-state index < -0.39 is 47.3 Å². The lowest BCUT2D eigenvalue weighted by atomic mass is 9.97. The van der Waals surface area contributed by atoms with Gasteiger partial charge >= 0.3 is 11.9 Å². The van der Waals surface area contributed by atoms with Crippen molar-refractivity contribution in [2.75, 3.05) is 14.2 Å². The van der Waals surface area contributed by atoms with Crippen molar-refractivity contribution in [2.24, 2.45) is 4.99 Å².